The van der Waals surface area contributed by atoms with Crippen LogP contribution in [0.25, 0.3) is 16.6 Å². The van der Waals surface area contributed by atoms with Crippen LogP contribution in [0.15, 0.2) is 48.7 Å². The van der Waals surface area contributed by atoms with Crippen molar-refractivity contribution >= 4 is 26.7 Å². The van der Waals surface area contributed by atoms with E-state index in [2.05, 4.69) is 10.1 Å². The molecular weight excluding hydrogens is 557 g/mol. The largest absolute Gasteiger partial charge is 0.503 e. The minimum Gasteiger partial charge on any atom is -0.503 e. The Morgan fingerprint density at radius 3 is 2.42 bits per heavy atom. The van der Waals surface area contributed by atoms with Crippen molar-refractivity contribution < 1.29 is 35.5 Å². The Balaban J connectivity index is 1.57. The van der Waals surface area contributed by atoms with Gasteiger partial charge in [-0.1, -0.05) is 30.3 Å². The van der Waals surface area contributed by atoms with Gasteiger partial charge < -0.3 is 10.0 Å². The summed E-state index contributed by atoms with van der Waals surface area (Å²) < 4.78 is 95.7. The molecule has 0 radical (unpaired) electrons. The van der Waals surface area contributed by atoms with Crippen LogP contribution < -0.4 is 4.90 Å². The zero-order chi connectivity index (χ0) is 29.0. The van der Waals surface area contributed by atoms with Gasteiger partial charge >= 0.3 is 6.18 Å². The summed E-state index contributed by atoms with van der Waals surface area (Å²) >= 11 is 0. The molecule has 0 spiro atoms. The maximum atomic E-state index is 14.8. The number of aromatic hydroxyl groups is 1. The van der Waals surface area contributed by atoms with Gasteiger partial charge in [-0.05, 0) is 31.0 Å². The number of sulfonamides is 1. The Hall–Kier alpha value is -3.78. The molecule has 40 heavy (non-hydrogen) atoms. The predicted molar refractivity (Wildman–Crippen MR) is 138 cm³/mol. The second kappa shape index (κ2) is 10.0. The van der Waals surface area contributed by atoms with E-state index in [-0.39, 0.29) is 30.7 Å². The number of hydrogen-bond donors (Lipinski definition) is 1. The van der Waals surface area contributed by atoms with E-state index >= 15 is 0 Å². The summed E-state index contributed by atoms with van der Waals surface area (Å²) in [5, 5.41) is 14.4. The Kier molecular flexibility index (Phi) is 6.94. The number of phenolic OH excluding ortho intramolecular Hbond substituents is 1. The van der Waals surface area contributed by atoms with Crippen LogP contribution in [0.5, 0.6) is 5.75 Å². The van der Waals surface area contributed by atoms with E-state index in [4.69, 9.17) is 0 Å². The van der Waals surface area contributed by atoms with Crippen LogP contribution in [0.1, 0.15) is 16.8 Å². The first-order chi connectivity index (χ1) is 18.8. The number of pyridine rings is 1. The third kappa shape index (κ3) is 5.08. The third-order valence-corrected chi connectivity index (χ3v) is 8.22. The molecule has 4 aromatic rings. The molecule has 2 aromatic heterocycles. The maximum absolute atomic E-state index is 14.8. The molecule has 0 saturated carbocycles. The van der Waals surface area contributed by atoms with Crippen LogP contribution in [0.4, 0.5) is 27.8 Å². The van der Waals surface area contributed by atoms with E-state index in [1.807, 2.05) is 35.2 Å². The highest BCUT2D eigenvalue weighted by molar-refractivity contribution is 7.88. The van der Waals surface area contributed by atoms with Crippen molar-refractivity contribution in [2.75, 3.05) is 30.8 Å². The second-order valence-corrected chi connectivity index (χ2v) is 11.6. The molecule has 5 rings (SSSR count). The van der Waals surface area contributed by atoms with Gasteiger partial charge in [-0.15, -0.1) is 0 Å². The van der Waals surface area contributed by atoms with Crippen molar-refractivity contribution in [3.8, 4) is 11.4 Å². The lowest BCUT2D eigenvalue weighted by Gasteiger charge is -2.41. The molecule has 14 heteroatoms. The van der Waals surface area contributed by atoms with Gasteiger partial charge in [0.2, 0.25) is 10.0 Å². The summed E-state index contributed by atoms with van der Waals surface area (Å²) in [5.74, 6) is -5.00. The number of aromatic nitrogens is 3. The van der Waals surface area contributed by atoms with Crippen molar-refractivity contribution in [3.63, 3.8) is 0 Å². The van der Waals surface area contributed by atoms with Crippen LogP contribution in [-0.2, 0) is 22.6 Å². The molecule has 1 aliphatic rings. The fourth-order valence-corrected chi connectivity index (χ4v) is 5.81. The molecule has 212 valence electrons. The summed E-state index contributed by atoms with van der Waals surface area (Å²) in [5.41, 5.74) is -1.18. The number of fused-ring (bicyclic) bond motifs is 1. The predicted octanol–water partition coefficient (Wildman–Crippen LogP) is 4.42. The van der Waals surface area contributed by atoms with Gasteiger partial charge in [0.1, 0.15) is 11.5 Å². The molecule has 2 aromatic carbocycles. The number of aryl methyl sites for hydroxylation is 1. The van der Waals surface area contributed by atoms with Crippen molar-refractivity contribution in [3.05, 3.63) is 77.1 Å². The van der Waals surface area contributed by atoms with Crippen LogP contribution in [0.2, 0.25) is 0 Å². The molecule has 0 unspecified atom stereocenters. The summed E-state index contributed by atoms with van der Waals surface area (Å²) in [4.78, 5) is 6.42. The number of halogens is 5. The van der Waals surface area contributed by atoms with Crippen molar-refractivity contribution in [1.29, 1.82) is 0 Å². The number of rotatable bonds is 5. The quantitative estimate of drug-likeness (QED) is 0.351. The summed E-state index contributed by atoms with van der Waals surface area (Å²) in [6.45, 7) is 2.33. The second-order valence-electron chi connectivity index (χ2n) is 9.63. The average molecular weight is 582 g/mol. The number of benzene rings is 2. The minimum absolute atomic E-state index is 0.133. The summed E-state index contributed by atoms with van der Waals surface area (Å²) in [6.07, 6.45) is -2.21. The van der Waals surface area contributed by atoms with Crippen LogP contribution >= 0.6 is 0 Å². The first kappa shape index (κ1) is 27.8. The minimum atomic E-state index is -5.19. The molecule has 1 saturated heterocycles. The van der Waals surface area contributed by atoms with Crippen molar-refractivity contribution in [2.24, 2.45) is 0 Å². The molecule has 8 nitrogen and oxygen atoms in total. The Morgan fingerprint density at radius 1 is 1.07 bits per heavy atom. The lowest BCUT2D eigenvalue weighted by molar-refractivity contribution is -0.140. The maximum Gasteiger partial charge on any atom is 0.419 e. The van der Waals surface area contributed by atoms with Crippen molar-refractivity contribution in [1.82, 2.24) is 19.1 Å². The molecule has 3 heterocycles. The lowest BCUT2D eigenvalue weighted by atomic mass is 10.0. The first-order valence-electron chi connectivity index (χ1n) is 12.1. The zero-order valence-corrected chi connectivity index (χ0v) is 22.1. The van der Waals surface area contributed by atoms with Gasteiger partial charge in [0.25, 0.3) is 0 Å². The van der Waals surface area contributed by atoms with Gasteiger partial charge in [-0.2, -0.15) is 22.6 Å². The third-order valence-electron chi connectivity index (χ3n) is 6.95. The highest BCUT2D eigenvalue weighted by atomic mass is 32.2. The number of hydrogen-bond acceptors (Lipinski definition) is 6. The van der Waals surface area contributed by atoms with Gasteiger partial charge in [0, 0.05) is 31.1 Å². The van der Waals surface area contributed by atoms with Crippen molar-refractivity contribution in [2.45, 2.75) is 25.6 Å². The monoisotopic (exact) mass is 581 g/mol. The Labute approximate surface area is 226 Å². The van der Waals surface area contributed by atoms with E-state index < -0.39 is 44.8 Å². The number of nitrogens with zero attached hydrogens (tertiary/aromatic N) is 5. The van der Waals surface area contributed by atoms with Gasteiger partial charge in [0.05, 0.1) is 29.2 Å². The number of piperazine rings is 1. The Bertz CT molecular complexity index is 1690. The zero-order valence-electron chi connectivity index (χ0n) is 21.3. The van der Waals surface area contributed by atoms with E-state index in [0.29, 0.717) is 29.9 Å². The molecular formula is C26H24F5N5O3S. The SMILES string of the molecule is Cc1nn(-c2cc(C(F)(F)F)c(F)c(O)c2F)c2cnc(N3CCN(S(C)(=O)=O)C[C@@H]3Cc3ccccc3)cc12. The van der Waals surface area contributed by atoms with E-state index in [9.17, 15) is 35.5 Å². The molecule has 0 bridgehead atoms. The molecule has 1 fully saturated rings. The molecule has 0 amide bonds. The number of alkyl halides is 3. The Morgan fingerprint density at radius 2 is 1.77 bits per heavy atom. The fourth-order valence-electron chi connectivity index (χ4n) is 4.95. The molecule has 1 N–H and O–H groups in total. The van der Waals surface area contributed by atoms with E-state index in [0.717, 1.165) is 16.5 Å². The molecule has 0 aliphatic carbocycles. The van der Waals surface area contributed by atoms with E-state index in [1.165, 1.54) is 10.5 Å². The van der Waals surface area contributed by atoms with Crippen LogP contribution in [0.3, 0.4) is 0 Å². The van der Waals surface area contributed by atoms with Gasteiger partial charge in [-0.3, -0.25) is 0 Å². The van der Waals surface area contributed by atoms with Gasteiger partial charge in [-0.25, -0.2) is 26.9 Å². The van der Waals surface area contributed by atoms with Gasteiger partial charge in [0.15, 0.2) is 17.4 Å². The fraction of sp³-hybridized carbons (Fsp3) is 0.308. The normalized spacial score (nSPS) is 17.1. The summed E-state index contributed by atoms with van der Waals surface area (Å²) in [7, 11) is -3.44. The topological polar surface area (TPSA) is 91.6 Å². The smallest absolute Gasteiger partial charge is 0.419 e. The summed E-state index contributed by atoms with van der Waals surface area (Å²) in [6, 6.07) is 11.1. The van der Waals surface area contributed by atoms with E-state index in [1.54, 1.807) is 13.0 Å². The average Bonchev–Trinajstić information content (AvgIpc) is 3.22. The van der Waals surface area contributed by atoms with Crippen LogP contribution in [0, 0.1) is 18.6 Å². The number of anilines is 1. The van der Waals surface area contributed by atoms with Crippen LogP contribution in [-0.4, -0.2) is 64.5 Å². The highest BCUT2D eigenvalue weighted by Crippen LogP contribution is 2.39. The highest BCUT2D eigenvalue weighted by Gasteiger charge is 2.38. The lowest BCUT2D eigenvalue weighted by Crippen LogP contribution is -2.55. The first-order valence-corrected chi connectivity index (χ1v) is 14.0. The molecule has 1 aliphatic heterocycles. The molecule has 1 atom stereocenters. The standard InChI is InChI=1S/C26H24F5N5O3S/c1-15-18-11-22(35-9-8-34(40(2,38)39)14-17(35)10-16-6-4-3-5-7-16)32-13-21(18)36(33-15)20-12-19(26(29,30)31)23(27)25(37)24(20)28/h3-7,11-13,17,37H,8-10,14H2,1-2H3/t17-/m0/s1. The number of phenols is 1.